The maximum Gasteiger partial charge on any atom is 0.396 e. The monoisotopic (exact) mass is 283 g/mol. The molecule has 1 aromatic heterocycles. The van der Waals surface area contributed by atoms with Crippen molar-refractivity contribution >= 4 is 45.2 Å². The lowest BCUT2D eigenvalue weighted by Gasteiger charge is -2.01. The Morgan fingerprint density at radius 1 is 1.67 bits per heavy atom. The lowest BCUT2D eigenvalue weighted by atomic mass is 10.2. The van der Waals surface area contributed by atoms with Crippen molar-refractivity contribution in [3.05, 3.63) is 27.4 Å². The lowest BCUT2D eigenvalue weighted by molar-refractivity contribution is 0.408. The van der Waals surface area contributed by atoms with Gasteiger partial charge in [0.2, 0.25) is 0 Å². The second-order valence-electron chi connectivity index (χ2n) is 3.24. The first kappa shape index (κ1) is 12.5. The van der Waals surface area contributed by atoms with Crippen LogP contribution in [0, 0.1) is 0 Å². The molecule has 0 aliphatic heterocycles. The molecule has 0 spiro atoms. The molecule has 2 aromatic rings. The fourth-order valence-corrected chi connectivity index (χ4v) is 2.15. The number of fused-ring (bicyclic) bond motifs is 1. The Hall–Kier alpha value is -1.93. The van der Waals surface area contributed by atoms with E-state index >= 15 is 0 Å². The minimum absolute atomic E-state index is 0.0762. The Labute approximate surface area is 111 Å². The Morgan fingerprint density at radius 3 is 3.11 bits per heavy atom. The molecule has 6 nitrogen and oxygen atoms in total. The number of rotatable bonds is 3. The van der Waals surface area contributed by atoms with Gasteiger partial charge in [-0.2, -0.15) is 5.10 Å². The van der Waals surface area contributed by atoms with Crippen LogP contribution in [-0.4, -0.2) is 18.4 Å². The molecule has 0 fully saturated rings. The van der Waals surface area contributed by atoms with E-state index in [1.165, 1.54) is 13.3 Å². The summed E-state index contributed by atoms with van der Waals surface area (Å²) >= 11 is 5.61. The van der Waals surface area contributed by atoms with Crippen molar-refractivity contribution in [2.24, 2.45) is 10.8 Å². The summed E-state index contributed by atoms with van der Waals surface area (Å²) in [7, 11) is 1.50. The highest BCUT2D eigenvalue weighted by Crippen LogP contribution is 2.28. The van der Waals surface area contributed by atoms with Gasteiger partial charge in [0.1, 0.15) is 0 Å². The van der Waals surface area contributed by atoms with E-state index in [1.807, 2.05) is 0 Å². The minimum atomic E-state index is -0.376. The fraction of sp³-hybridized carbons (Fsp3) is 0.100. The summed E-state index contributed by atoms with van der Waals surface area (Å²) in [4.78, 5) is 10.8. The molecular weight excluding hydrogens is 274 g/mol. The Kier molecular flexibility index (Phi) is 3.58. The zero-order valence-electron chi connectivity index (χ0n) is 9.30. The standard InChI is InChI=1S/C10H9N3O3S2/c1-15-6-2-5(4-12-13-9(11)17)3-7-8(6)16-10(14)18-7/h2-4H,1H3,(H3,11,13,17)/b12-4+. The van der Waals surface area contributed by atoms with Gasteiger partial charge in [0.25, 0.3) is 0 Å². The molecule has 0 saturated carbocycles. The average molecular weight is 283 g/mol. The quantitative estimate of drug-likeness (QED) is 0.497. The van der Waals surface area contributed by atoms with Crippen LogP contribution in [0.15, 0.2) is 26.4 Å². The first-order chi connectivity index (χ1) is 8.60. The van der Waals surface area contributed by atoms with E-state index in [0.717, 1.165) is 16.9 Å². The second-order valence-corrected chi connectivity index (χ2v) is 4.66. The van der Waals surface area contributed by atoms with E-state index in [-0.39, 0.29) is 10.1 Å². The van der Waals surface area contributed by atoms with Crippen LogP contribution in [0.5, 0.6) is 5.75 Å². The van der Waals surface area contributed by atoms with E-state index in [2.05, 4.69) is 22.7 Å². The van der Waals surface area contributed by atoms with Crippen LogP contribution in [0.2, 0.25) is 0 Å². The number of methoxy groups -OCH3 is 1. The second kappa shape index (κ2) is 5.15. The zero-order chi connectivity index (χ0) is 13.1. The number of ether oxygens (including phenoxy) is 1. The van der Waals surface area contributed by atoms with Gasteiger partial charge in [-0.1, -0.05) is 11.3 Å². The molecule has 1 heterocycles. The molecule has 0 amide bonds. The third-order valence-corrected chi connectivity index (χ3v) is 2.89. The molecular formula is C10H9N3O3S2. The molecule has 0 aliphatic rings. The summed E-state index contributed by atoms with van der Waals surface area (Å²) in [6.07, 6.45) is 1.52. The van der Waals surface area contributed by atoms with Gasteiger partial charge in [0.05, 0.1) is 18.0 Å². The highest BCUT2D eigenvalue weighted by molar-refractivity contribution is 7.80. The average Bonchev–Trinajstić information content (AvgIpc) is 2.67. The number of benzene rings is 1. The number of nitrogens with one attached hydrogen (secondary N) is 1. The van der Waals surface area contributed by atoms with Crippen molar-refractivity contribution in [1.29, 1.82) is 0 Å². The van der Waals surface area contributed by atoms with Crippen molar-refractivity contribution in [2.75, 3.05) is 7.11 Å². The predicted molar refractivity (Wildman–Crippen MR) is 74.4 cm³/mol. The van der Waals surface area contributed by atoms with Gasteiger partial charge in [-0.3, -0.25) is 5.43 Å². The molecule has 1 aromatic carbocycles. The Balaban J connectivity index is 2.43. The van der Waals surface area contributed by atoms with Crippen molar-refractivity contribution < 1.29 is 9.15 Å². The van der Waals surface area contributed by atoms with Crippen LogP contribution in [-0.2, 0) is 0 Å². The third-order valence-electron chi connectivity index (χ3n) is 2.03. The molecule has 3 N–H and O–H groups in total. The van der Waals surface area contributed by atoms with E-state index in [9.17, 15) is 4.79 Å². The van der Waals surface area contributed by atoms with Gasteiger partial charge < -0.3 is 14.9 Å². The molecule has 0 unspecified atom stereocenters. The largest absolute Gasteiger partial charge is 0.493 e. The fourth-order valence-electron chi connectivity index (χ4n) is 1.36. The molecule has 18 heavy (non-hydrogen) atoms. The van der Waals surface area contributed by atoms with Crippen LogP contribution >= 0.6 is 23.6 Å². The van der Waals surface area contributed by atoms with E-state index < -0.39 is 0 Å². The molecule has 0 bridgehead atoms. The number of nitrogens with zero attached hydrogens (tertiary/aromatic N) is 1. The zero-order valence-corrected chi connectivity index (χ0v) is 10.9. The SMILES string of the molecule is COc1cc(/C=N/NC(N)=S)cc2sc(=O)oc12. The van der Waals surface area contributed by atoms with Crippen molar-refractivity contribution in [3.63, 3.8) is 0 Å². The maximum absolute atomic E-state index is 11.2. The van der Waals surface area contributed by atoms with Crippen LogP contribution in [0.1, 0.15) is 5.56 Å². The molecule has 8 heteroatoms. The van der Waals surface area contributed by atoms with Gasteiger partial charge in [0.15, 0.2) is 16.4 Å². The predicted octanol–water partition coefficient (Wildman–Crippen LogP) is 1.03. The smallest absolute Gasteiger partial charge is 0.396 e. The summed E-state index contributed by atoms with van der Waals surface area (Å²) in [5.74, 6) is 0.475. The van der Waals surface area contributed by atoms with E-state index in [4.69, 9.17) is 14.9 Å². The number of hydrogen-bond acceptors (Lipinski definition) is 6. The van der Waals surface area contributed by atoms with E-state index in [1.54, 1.807) is 12.1 Å². The van der Waals surface area contributed by atoms with Crippen LogP contribution in [0.3, 0.4) is 0 Å². The van der Waals surface area contributed by atoms with Gasteiger partial charge in [-0.05, 0) is 29.9 Å². The van der Waals surface area contributed by atoms with Crippen LogP contribution in [0.4, 0.5) is 0 Å². The summed E-state index contributed by atoms with van der Waals surface area (Å²) < 4.78 is 10.9. The summed E-state index contributed by atoms with van der Waals surface area (Å²) in [5.41, 5.74) is 8.85. The summed E-state index contributed by atoms with van der Waals surface area (Å²) in [5, 5.41) is 3.91. The topological polar surface area (TPSA) is 89.9 Å². The van der Waals surface area contributed by atoms with Gasteiger partial charge in [-0.25, -0.2) is 4.79 Å². The van der Waals surface area contributed by atoms with Crippen molar-refractivity contribution in [2.45, 2.75) is 0 Å². The van der Waals surface area contributed by atoms with Gasteiger partial charge >= 0.3 is 4.94 Å². The minimum Gasteiger partial charge on any atom is -0.493 e. The number of nitrogens with two attached hydrogens (primary N) is 1. The normalized spacial score (nSPS) is 10.9. The van der Waals surface area contributed by atoms with Crippen molar-refractivity contribution in [1.82, 2.24) is 5.43 Å². The number of hydrogen-bond donors (Lipinski definition) is 2. The lowest BCUT2D eigenvalue weighted by Crippen LogP contribution is -2.23. The summed E-state index contributed by atoms with van der Waals surface area (Å²) in [6, 6.07) is 3.46. The summed E-state index contributed by atoms with van der Waals surface area (Å²) in [6.45, 7) is 0. The first-order valence-electron chi connectivity index (χ1n) is 4.80. The number of hydrazone groups is 1. The molecule has 0 radical (unpaired) electrons. The number of thiocarbonyl (C=S) groups is 1. The molecule has 2 rings (SSSR count). The molecule has 0 atom stereocenters. The van der Waals surface area contributed by atoms with Gasteiger partial charge in [-0.15, -0.1) is 0 Å². The maximum atomic E-state index is 11.2. The third kappa shape index (κ3) is 2.66. The van der Waals surface area contributed by atoms with Gasteiger partial charge in [0, 0.05) is 0 Å². The molecule has 0 saturated heterocycles. The highest BCUT2D eigenvalue weighted by Gasteiger charge is 2.09. The molecule has 94 valence electrons. The molecule has 0 aliphatic carbocycles. The van der Waals surface area contributed by atoms with Crippen molar-refractivity contribution in [3.8, 4) is 5.75 Å². The Bertz CT molecular complexity index is 675. The highest BCUT2D eigenvalue weighted by atomic mass is 32.1. The first-order valence-corrected chi connectivity index (χ1v) is 6.03. The van der Waals surface area contributed by atoms with E-state index in [0.29, 0.717) is 16.0 Å². The van der Waals surface area contributed by atoms with Crippen LogP contribution < -0.4 is 20.8 Å². The van der Waals surface area contributed by atoms with Crippen LogP contribution in [0.25, 0.3) is 10.3 Å². The Morgan fingerprint density at radius 2 is 2.44 bits per heavy atom.